The van der Waals surface area contributed by atoms with Crippen LogP contribution in [0.1, 0.15) is 5.56 Å². The molecule has 2 aliphatic heterocycles. The average Bonchev–Trinajstić information content (AvgIpc) is 3.09. The van der Waals surface area contributed by atoms with Gasteiger partial charge in [-0.1, -0.05) is 6.07 Å². The lowest BCUT2D eigenvalue weighted by atomic mass is 10.0. The fourth-order valence-electron chi connectivity index (χ4n) is 3.41. The Morgan fingerprint density at radius 3 is 3.04 bits per heavy atom. The number of aromatic nitrogens is 1. The maximum absolute atomic E-state index is 12.3. The highest BCUT2D eigenvalue weighted by molar-refractivity contribution is 5.95. The van der Waals surface area contributed by atoms with Crippen LogP contribution in [0.15, 0.2) is 47.5 Å². The molecule has 0 N–H and O–H groups in total. The second-order valence-corrected chi connectivity index (χ2v) is 6.56. The highest BCUT2D eigenvalue weighted by Crippen LogP contribution is 2.27. The Morgan fingerprint density at radius 1 is 1.28 bits per heavy atom. The van der Waals surface area contributed by atoms with Crippen LogP contribution in [0.5, 0.6) is 0 Å². The van der Waals surface area contributed by atoms with Gasteiger partial charge in [-0.2, -0.15) is 0 Å². The number of ether oxygens (including phenoxy) is 2. The lowest BCUT2D eigenvalue weighted by molar-refractivity contribution is -0.146. The zero-order valence-corrected chi connectivity index (χ0v) is 14.0. The van der Waals surface area contributed by atoms with Gasteiger partial charge in [0.2, 0.25) is 0 Å². The molecule has 0 saturated carbocycles. The molecule has 7 nitrogen and oxygen atoms in total. The fourth-order valence-corrected chi connectivity index (χ4v) is 3.41. The van der Waals surface area contributed by atoms with Crippen molar-refractivity contribution < 1.29 is 18.7 Å². The maximum Gasteiger partial charge on any atom is 0.253 e. The SMILES string of the molecule is O=C1CO[C@]2(COCCN(Cc3cccnc3)C2)CN1c1ccoc1. The second kappa shape index (κ2) is 6.95. The number of pyridine rings is 1. The first-order valence-electron chi connectivity index (χ1n) is 8.40. The summed E-state index contributed by atoms with van der Waals surface area (Å²) in [5, 5.41) is 0. The first kappa shape index (κ1) is 16.3. The Hall–Kier alpha value is -2.22. The molecule has 0 aliphatic carbocycles. The van der Waals surface area contributed by atoms with Crippen molar-refractivity contribution in [3.8, 4) is 0 Å². The molecule has 1 spiro atoms. The molecule has 0 bridgehead atoms. The zero-order valence-electron chi connectivity index (χ0n) is 14.0. The Balaban J connectivity index is 1.52. The third kappa shape index (κ3) is 3.58. The number of rotatable bonds is 3. The van der Waals surface area contributed by atoms with Crippen molar-refractivity contribution in [3.63, 3.8) is 0 Å². The fraction of sp³-hybridized carbons (Fsp3) is 0.444. The Morgan fingerprint density at radius 2 is 2.24 bits per heavy atom. The van der Waals surface area contributed by atoms with Crippen LogP contribution in [0.4, 0.5) is 5.69 Å². The van der Waals surface area contributed by atoms with E-state index >= 15 is 0 Å². The van der Waals surface area contributed by atoms with Crippen molar-refractivity contribution in [2.75, 3.05) is 44.4 Å². The van der Waals surface area contributed by atoms with E-state index in [1.54, 1.807) is 29.7 Å². The van der Waals surface area contributed by atoms with Gasteiger partial charge in [0.25, 0.3) is 5.91 Å². The van der Waals surface area contributed by atoms with Crippen molar-refractivity contribution in [1.82, 2.24) is 9.88 Å². The van der Waals surface area contributed by atoms with Crippen LogP contribution in [0, 0.1) is 0 Å². The Labute approximate surface area is 146 Å². The third-order valence-corrected chi connectivity index (χ3v) is 4.62. The van der Waals surface area contributed by atoms with Crippen molar-refractivity contribution in [3.05, 3.63) is 48.7 Å². The summed E-state index contributed by atoms with van der Waals surface area (Å²) in [6, 6.07) is 5.80. The standard InChI is InChI=1S/C18H21N3O4/c22-17-11-25-18(13-21(17)16-3-6-23-10-16)12-20(5-7-24-14-18)9-15-2-1-4-19-8-15/h1-4,6,8,10H,5,7,9,11-14H2/t18-/m0/s1. The number of nitrogens with zero attached hydrogens (tertiary/aromatic N) is 3. The van der Waals surface area contributed by atoms with Gasteiger partial charge in [0.1, 0.15) is 18.5 Å². The van der Waals surface area contributed by atoms with Crippen LogP contribution in [-0.4, -0.2) is 60.8 Å². The number of carbonyl (C=O) groups excluding carboxylic acids is 1. The molecule has 2 aromatic heterocycles. The summed E-state index contributed by atoms with van der Waals surface area (Å²) in [5.41, 5.74) is 1.37. The summed E-state index contributed by atoms with van der Waals surface area (Å²) in [5.74, 6) is -0.0601. The molecule has 0 radical (unpaired) electrons. The van der Waals surface area contributed by atoms with Crippen LogP contribution < -0.4 is 4.90 Å². The molecule has 2 aromatic rings. The molecular weight excluding hydrogens is 322 g/mol. The molecule has 132 valence electrons. The highest BCUT2D eigenvalue weighted by atomic mass is 16.6. The van der Waals surface area contributed by atoms with E-state index in [1.807, 2.05) is 12.3 Å². The van der Waals surface area contributed by atoms with E-state index in [-0.39, 0.29) is 12.5 Å². The Kier molecular flexibility index (Phi) is 4.52. The number of carbonyl (C=O) groups is 1. The van der Waals surface area contributed by atoms with E-state index in [1.165, 1.54) is 0 Å². The second-order valence-electron chi connectivity index (χ2n) is 6.56. The lowest BCUT2D eigenvalue weighted by Crippen LogP contribution is -2.60. The van der Waals surface area contributed by atoms with Crippen LogP contribution in [0.25, 0.3) is 0 Å². The van der Waals surface area contributed by atoms with Crippen molar-refractivity contribution >= 4 is 11.6 Å². The number of amides is 1. The molecule has 4 heterocycles. The van der Waals surface area contributed by atoms with Gasteiger partial charge >= 0.3 is 0 Å². The predicted octanol–water partition coefficient (Wildman–Crippen LogP) is 1.31. The number of hydrogen-bond donors (Lipinski definition) is 0. The lowest BCUT2D eigenvalue weighted by Gasteiger charge is -2.42. The van der Waals surface area contributed by atoms with Crippen LogP contribution in [0.2, 0.25) is 0 Å². The van der Waals surface area contributed by atoms with Gasteiger partial charge in [0, 0.05) is 38.1 Å². The summed E-state index contributed by atoms with van der Waals surface area (Å²) >= 11 is 0. The van der Waals surface area contributed by atoms with E-state index < -0.39 is 5.60 Å². The molecular formula is C18H21N3O4. The minimum atomic E-state index is -0.538. The Bertz CT molecular complexity index is 706. The summed E-state index contributed by atoms with van der Waals surface area (Å²) in [6.07, 6.45) is 6.81. The molecule has 0 aromatic carbocycles. The van der Waals surface area contributed by atoms with Crippen LogP contribution in [-0.2, 0) is 20.8 Å². The predicted molar refractivity (Wildman–Crippen MR) is 90.1 cm³/mol. The van der Waals surface area contributed by atoms with E-state index in [2.05, 4.69) is 16.0 Å². The molecule has 1 atom stereocenters. The van der Waals surface area contributed by atoms with Gasteiger partial charge in [-0.15, -0.1) is 0 Å². The number of furan rings is 1. The summed E-state index contributed by atoms with van der Waals surface area (Å²) in [6.45, 7) is 3.92. The molecule has 4 rings (SSSR count). The van der Waals surface area contributed by atoms with E-state index in [0.29, 0.717) is 26.3 Å². The average molecular weight is 343 g/mol. The van der Waals surface area contributed by atoms with Gasteiger partial charge in [-0.05, 0) is 11.6 Å². The monoisotopic (exact) mass is 343 g/mol. The molecule has 2 aliphatic rings. The largest absolute Gasteiger partial charge is 0.470 e. The first-order valence-corrected chi connectivity index (χ1v) is 8.40. The van der Waals surface area contributed by atoms with Crippen LogP contribution in [0.3, 0.4) is 0 Å². The molecule has 7 heteroatoms. The minimum Gasteiger partial charge on any atom is -0.470 e. The number of hydrogen-bond acceptors (Lipinski definition) is 6. The third-order valence-electron chi connectivity index (χ3n) is 4.62. The van der Waals surface area contributed by atoms with E-state index in [0.717, 1.165) is 24.3 Å². The minimum absolute atomic E-state index is 0.0509. The molecule has 2 fully saturated rings. The summed E-state index contributed by atoms with van der Waals surface area (Å²) < 4.78 is 16.9. The molecule has 2 saturated heterocycles. The van der Waals surface area contributed by atoms with Crippen LogP contribution >= 0.6 is 0 Å². The normalized spacial score (nSPS) is 25.3. The molecule has 0 unspecified atom stereocenters. The van der Waals surface area contributed by atoms with Gasteiger partial charge in [0.05, 0.1) is 31.7 Å². The van der Waals surface area contributed by atoms with Gasteiger partial charge < -0.3 is 18.8 Å². The van der Waals surface area contributed by atoms with Gasteiger partial charge in [0.15, 0.2) is 0 Å². The zero-order chi connectivity index (χ0) is 17.1. The number of anilines is 1. The van der Waals surface area contributed by atoms with E-state index in [4.69, 9.17) is 13.9 Å². The highest BCUT2D eigenvalue weighted by Gasteiger charge is 2.43. The smallest absolute Gasteiger partial charge is 0.253 e. The maximum atomic E-state index is 12.3. The molecule has 25 heavy (non-hydrogen) atoms. The summed E-state index contributed by atoms with van der Waals surface area (Å²) in [4.78, 5) is 20.5. The quantitative estimate of drug-likeness (QED) is 0.837. The van der Waals surface area contributed by atoms with Gasteiger partial charge in [-0.25, -0.2) is 0 Å². The topological polar surface area (TPSA) is 68.0 Å². The van der Waals surface area contributed by atoms with Gasteiger partial charge in [-0.3, -0.25) is 14.7 Å². The van der Waals surface area contributed by atoms with E-state index in [9.17, 15) is 4.79 Å². The van der Waals surface area contributed by atoms with Crippen molar-refractivity contribution in [2.24, 2.45) is 0 Å². The number of morpholine rings is 1. The molecule has 1 amide bonds. The first-order chi connectivity index (χ1) is 12.2. The summed E-state index contributed by atoms with van der Waals surface area (Å²) in [7, 11) is 0. The van der Waals surface area contributed by atoms with Crippen molar-refractivity contribution in [2.45, 2.75) is 12.1 Å². The van der Waals surface area contributed by atoms with Crippen molar-refractivity contribution in [1.29, 1.82) is 0 Å².